The lowest BCUT2D eigenvalue weighted by Crippen LogP contribution is -2.34. The average molecular weight is 456 g/mol. The molecule has 0 unspecified atom stereocenters. The van der Waals surface area contributed by atoms with Gasteiger partial charge in [-0.15, -0.1) is 0 Å². The molecular weight excluding hydrogens is 426 g/mol. The molecule has 2 aliphatic rings. The predicted octanol–water partition coefficient (Wildman–Crippen LogP) is 2.79. The van der Waals surface area contributed by atoms with Gasteiger partial charge in [0, 0.05) is 24.9 Å². The van der Waals surface area contributed by atoms with Gasteiger partial charge in [0.15, 0.2) is 0 Å². The van der Waals surface area contributed by atoms with Gasteiger partial charge in [-0.1, -0.05) is 24.8 Å². The Morgan fingerprint density at radius 1 is 1.19 bits per heavy atom. The molecule has 170 valence electrons. The molecule has 2 aliphatic heterocycles. The summed E-state index contributed by atoms with van der Waals surface area (Å²) in [6.07, 6.45) is 2.20. The van der Waals surface area contributed by atoms with Crippen molar-refractivity contribution in [1.29, 1.82) is 0 Å². The zero-order chi connectivity index (χ0) is 22.9. The minimum Gasteiger partial charge on any atom is -0.377 e. The molecule has 32 heavy (non-hydrogen) atoms. The fourth-order valence-electron chi connectivity index (χ4n) is 3.74. The maximum absolute atomic E-state index is 11.7. The Morgan fingerprint density at radius 3 is 2.72 bits per heavy atom. The van der Waals surface area contributed by atoms with Crippen molar-refractivity contribution in [2.24, 2.45) is 5.14 Å². The zero-order valence-electron chi connectivity index (χ0n) is 18.3. The molecule has 0 fully saturated rings. The fourth-order valence-corrected chi connectivity index (χ4v) is 4.30. The van der Waals surface area contributed by atoms with Gasteiger partial charge < -0.3 is 10.2 Å². The summed E-state index contributed by atoms with van der Waals surface area (Å²) in [5.74, 6) is 0. The van der Waals surface area contributed by atoms with E-state index in [9.17, 15) is 8.42 Å². The van der Waals surface area contributed by atoms with Gasteiger partial charge in [0.1, 0.15) is 0 Å². The van der Waals surface area contributed by atoms with Gasteiger partial charge in [-0.3, -0.25) is 10.4 Å². The minimum absolute atomic E-state index is 0.104. The van der Waals surface area contributed by atoms with Crippen molar-refractivity contribution in [2.45, 2.75) is 31.4 Å². The normalized spacial score (nSPS) is 16.0. The Labute approximate surface area is 189 Å². The second-order valence-corrected chi connectivity index (χ2v) is 9.79. The number of rotatable bonds is 8. The lowest BCUT2D eigenvalue weighted by atomic mass is 10.0. The van der Waals surface area contributed by atoms with Gasteiger partial charge in [-0.2, -0.15) is 0 Å². The number of anilines is 1. The molecule has 0 amide bonds. The molecule has 9 heteroatoms. The van der Waals surface area contributed by atoms with Gasteiger partial charge in [0.2, 0.25) is 10.0 Å². The summed E-state index contributed by atoms with van der Waals surface area (Å²) in [5, 5.41) is 9.40. The van der Waals surface area contributed by atoms with E-state index in [0.717, 1.165) is 46.7 Å². The monoisotopic (exact) mass is 455 g/mol. The van der Waals surface area contributed by atoms with Crippen molar-refractivity contribution in [3.63, 3.8) is 0 Å². The first-order valence-electron chi connectivity index (χ1n) is 10.5. The van der Waals surface area contributed by atoms with Crippen LogP contribution in [-0.4, -0.2) is 44.2 Å². The number of fused-ring (bicyclic) bond motifs is 1. The molecule has 0 aromatic heterocycles. The van der Waals surface area contributed by atoms with Crippen molar-refractivity contribution < 1.29 is 13.2 Å². The van der Waals surface area contributed by atoms with Crippen LogP contribution in [0.25, 0.3) is 11.1 Å². The lowest BCUT2D eigenvalue weighted by Gasteiger charge is -2.23. The number of hydrogen-bond acceptors (Lipinski definition) is 7. The molecule has 8 nitrogen and oxygen atoms in total. The maximum atomic E-state index is 11.7. The summed E-state index contributed by atoms with van der Waals surface area (Å²) in [5.41, 5.74) is 12.5. The first kappa shape index (κ1) is 22.3. The molecule has 0 radical (unpaired) electrons. The second-order valence-electron chi connectivity index (χ2n) is 8.23. The van der Waals surface area contributed by atoms with E-state index in [0.29, 0.717) is 13.2 Å². The molecule has 2 aromatic rings. The van der Waals surface area contributed by atoms with Gasteiger partial charge in [-0.05, 0) is 54.8 Å². The number of hydrogen-bond donors (Lipinski definition) is 3. The Balaban J connectivity index is 1.41. The molecule has 0 aliphatic carbocycles. The Bertz CT molecular complexity index is 1160. The smallest absolute Gasteiger partial charge is 0.238 e. The first-order chi connectivity index (χ1) is 15.2. The molecule has 4 rings (SSSR count). The van der Waals surface area contributed by atoms with E-state index in [1.165, 1.54) is 6.07 Å². The van der Waals surface area contributed by atoms with Crippen LogP contribution in [0.5, 0.6) is 0 Å². The van der Waals surface area contributed by atoms with Crippen LogP contribution >= 0.6 is 0 Å². The molecule has 0 bridgehead atoms. The lowest BCUT2D eigenvalue weighted by molar-refractivity contribution is 0.0562. The average Bonchev–Trinajstić information content (AvgIpc) is 3.39. The summed E-state index contributed by atoms with van der Waals surface area (Å²) in [6, 6.07) is 12.7. The van der Waals surface area contributed by atoms with Gasteiger partial charge in [0.05, 0.1) is 35.5 Å². The Kier molecular flexibility index (Phi) is 6.25. The Hall–Kier alpha value is -2.85. The van der Waals surface area contributed by atoms with Crippen LogP contribution in [-0.2, 0) is 21.3 Å². The quantitative estimate of drug-likeness (QED) is 0.563. The van der Waals surface area contributed by atoms with Crippen molar-refractivity contribution in [1.82, 2.24) is 15.4 Å². The van der Waals surface area contributed by atoms with Crippen LogP contribution in [0.1, 0.15) is 19.4 Å². The van der Waals surface area contributed by atoms with Crippen molar-refractivity contribution in [3.8, 4) is 11.1 Å². The Morgan fingerprint density at radius 2 is 1.97 bits per heavy atom. The number of sulfonamides is 1. The van der Waals surface area contributed by atoms with Crippen LogP contribution < -0.4 is 16.0 Å². The molecule has 4 N–H and O–H groups in total. The van der Waals surface area contributed by atoms with E-state index < -0.39 is 10.0 Å². The van der Waals surface area contributed by atoms with E-state index in [4.69, 9.17) is 9.88 Å². The van der Waals surface area contributed by atoms with Gasteiger partial charge >= 0.3 is 0 Å². The highest BCUT2D eigenvalue weighted by atomic mass is 32.2. The van der Waals surface area contributed by atoms with E-state index >= 15 is 0 Å². The number of benzene rings is 2. The van der Waals surface area contributed by atoms with Crippen LogP contribution in [0.3, 0.4) is 0 Å². The summed E-state index contributed by atoms with van der Waals surface area (Å²) < 4.78 is 29.0. The summed E-state index contributed by atoms with van der Waals surface area (Å²) >= 11 is 0. The number of primary sulfonamides is 1. The topological polar surface area (TPSA) is 99.9 Å². The SMILES string of the molecule is C=C(C1=CNN(CCOC(C)C)C1)N1Cc2cc(-c3cccc(S(N)(=O)=O)c3)ccc2N1. The van der Waals surface area contributed by atoms with Crippen LogP contribution in [0.2, 0.25) is 0 Å². The maximum Gasteiger partial charge on any atom is 0.238 e. The van der Waals surface area contributed by atoms with E-state index in [-0.39, 0.29) is 11.0 Å². The molecule has 0 saturated heterocycles. The second kappa shape index (κ2) is 8.95. The number of nitrogens with one attached hydrogen (secondary N) is 2. The number of nitrogens with two attached hydrogens (primary N) is 1. The van der Waals surface area contributed by atoms with Gasteiger partial charge in [-0.25, -0.2) is 18.6 Å². The third-order valence-electron chi connectivity index (χ3n) is 5.48. The molecule has 2 heterocycles. The van der Waals surface area contributed by atoms with Crippen molar-refractivity contribution >= 4 is 15.7 Å². The largest absolute Gasteiger partial charge is 0.377 e. The summed E-state index contributed by atoms with van der Waals surface area (Å²) in [7, 11) is -3.75. The highest BCUT2D eigenvalue weighted by Crippen LogP contribution is 2.33. The minimum atomic E-state index is -3.75. The van der Waals surface area contributed by atoms with Crippen LogP contribution in [0.4, 0.5) is 5.69 Å². The third-order valence-corrected chi connectivity index (χ3v) is 6.39. The van der Waals surface area contributed by atoms with E-state index in [1.807, 2.05) is 43.3 Å². The summed E-state index contributed by atoms with van der Waals surface area (Å²) in [6.45, 7) is 11.2. The summed E-state index contributed by atoms with van der Waals surface area (Å²) in [4.78, 5) is 0.104. The fraction of sp³-hybridized carbons (Fsp3) is 0.304. The highest BCUT2D eigenvalue weighted by Gasteiger charge is 2.25. The number of hydrazine groups is 2. The molecule has 0 spiro atoms. The first-order valence-corrected chi connectivity index (χ1v) is 12.1. The van der Waals surface area contributed by atoms with Crippen LogP contribution in [0.15, 0.2) is 71.4 Å². The number of ether oxygens (including phenoxy) is 1. The van der Waals surface area contributed by atoms with Crippen molar-refractivity contribution in [3.05, 3.63) is 72.1 Å². The molecule has 0 atom stereocenters. The highest BCUT2D eigenvalue weighted by molar-refractivity contribution is 7.89. The number of nitrogens with zero attached hydrogens (tertiary/aromatic N) is 2. The van der Waals surface area contributed by atoms with Crippen molar-refractivity contribution in [2.75, 3.05) is 25.1 Å². The van der Waals surface area contributed by atoms with E-state index in [2.05, 4.69) is 28.5 Å². The van der Waals surface area contributed by atoms with E-state index in [1.54, 1.807) is 12.1 Å². The standard InChI is InChI=1S/C23H29N5O3S/c1-16(2)31-10-9-27-14-21(13-25-27)17(3)28-15-20-11-19(7-8-23(20)26-28)18-5-4-6-22(12-18)32(24,29)30/h4-8,11-13,16,25-26H,3,9-10,14-15H2,1-2H3,(H2,24,29,30). The molecule has 2 aromatic carbocycles. The zero-order valence-corrected chi connectivity index (χ0v) is 19.2. The van der Waals surface area contributed by atoms with Crippen LogP contribution in [0, 0.1) is 0 Å². The molecular formula is C23H29N5O3S. The van der Waals surface area contributed by atoms with Gasteiger partial charge in [0.25, 0.3) is 0 Å². The predicted molar refractivity (Wildman–Crippen MR) is 125 cm³/mol. The third kappa shape index (κ3) is 4.97. The molecule has 0 saturated carbocycles.